The average molecular weight is 183 g/mol. The second kappa shape index (κ2) is 4.75. The molecule has 1 atom stereocenters. The maximum atomic E-state index is 11.1. The summed E-state index contributed by atoms with van der Waals surface area (Å²) in [4.78, 5) is 13.3. The topological polar surface area (TPSA) is 20.3 Å². The van der Waals surface area contributed by atoms with Crippen LogP contribution in [0.3, 0.4) is 0 Å². The fourth-order valence-electron chi connectivity index (χ4n) is 2.07. The minimum absolute atomic E-state index is 0.0978. The molecule has 1 fully saturated rings. The van der Waals surface area contributed by atoms with Crippen LogP contribution in [0.15, 0.2) is 0 Å². The highest BCUT2D eigenvalue weighted by atomic mass is 16.1. The molecular formula is C11H21NO. The molecule has 2 heteroatoms. The molecule has 1 unspecified atom stereocenters. The number of carbonyl (C=O) groups is 1. The van der Waals surface area contributed by atoms with Gasteiger partial charge in [-0.25, -0.2) is 0 Å². The fraction of sp³-hybridized carbons (Fsp3) is 0.909. The molecule has 0 saturated heterocycles. The Balaban J connectivity index is 2.30. The van der Waals surface area contributed by atoms with Crippen LogP contribution in [0.2, 0.25) is 0 Å². The zero-order valence-corrected chi connectivity index (χ0v) is 9.05. The zero-order chi connectivity index (χ0) is 9.84. The standard InChI is InChI=1S/C11H21NO/c1-9(10(2)13)12(3)8-11-6-4-5-7-11/h9,11H,4-8H2,1-3H3. The summed E-state index contributed by atoms with van der Waals surface area (Å²) in [6.45, 7) is 4.77. The van der Waals surface area contributed by atoms with Crippen LogP contribution in [0.1, 0.15) is 39.5 Å². The molecule has 0 radical (unpaired) electrons. The van der Waals surface area contributed by atoms with E-state index in [2.05, 4.69) is 11.9 Å². The van der Waals surface area contributed by atoms with E-state index in [0.717, 1.165) is 12.5 Å². The Bertz CT molecular complexity index is 173. The Morgan fingerprint density at radius 2 is 2.00 bits per heavy atom. The van der Waals surface area contributed by atoms with Gasteiger partial charge in [0.2, 0.25) is 0 Å². The molecule has 13 heavy (non-hydrogen) atoms. The summed E-state index contributed by atoms with van der Waals surface area (Å²) in [7, 11) is 2.06. The van der Waals surface area contributed by atoms with Crippen LogP contribution < -0.4 is 0 Å². The van der Waals surface area contributed by atoms with Crippen LogP contribution in [-0.4, -0.2) is 30.3 Å². The second-order valence-electron chi connectivity index (χ2n) is 4.38. The fourth-order valence-corrected chi connectivity index (χ4v) is 2.07. The Labute approximate surface area is 81.3 Å². The van der Waals surface area contributed by atoms with Crippen molar-refractivity contribution in [1.29, 1.82) is 0 Å². The molecule has 2 nitrogen and oxygen atoms in total. The molecule has 0 aromatic carbocycles. The van der Waals surface area contributed by atoms with Gasteiger partial charge in [-0.3, -0.25) is 9.69 Å². The van der Waals surface area contributed by atoms with E-state index in [1.807, 2.05) is 6.92 Å². The predicted molar refractivity (Wildman–Crippen MR) is 54.7 cm³/mol. The highest BCUT2D eigenvalue weighted by Crippen LogP contribution is 2.25. The van der Waals surface area contributed by atoms with Crippen LogP contribution in [0, 0.1) is 5.92 Å². The van der Waals surface area contributed by atoms with Gasteiger partial charge in [0, 0.05) is 6.54 Å². The summed E-state index contributed by atoms with van der Waals surface area (Å²) in [6, 6.07) is 0.0978. The number of hydrogen-bond acceptors (Lipinski definition) is 2. The predicted octanol–water partition coefficient (Wildman–Crippen LogP) is 2.09. The van der Waals surface area contributed by atoms with E-state index in [1.165, 1.54) is 25.7 Å². The number of hydrogen-bond donors (Lipinski definition) is 0. The highest BCUT2D eigenvalue weighted by molar-refractivity contribution is 5.80. The molecule has 76 valence electrons. The molecule has 1 aliphatic rings. The van der Waals surface area contributed by atoms with Crippen molar-refractivity contribution >= 4 is 5.78 Å². The average Bonchev–Trinajstić information content (AvgIpc) is 2.55. The van der Waals surface area contributed by atoms with E-state index in [1.54, 1.807) is 6.92 Å². The molecule has 0 aromatic rings. The lowest BCUT2D eigenvalue weighted by Crippen LogP contribution is -2.37. The lowest BCUT2D eigenvalue weighted by atomic mass is 10.1. The van der Waals surface area contributed by atoms with Gasteiger partial charge in [-0.15, -0.1) is 0 Å². The summed E-state index contributed by atoms with van der Waals surface area (Å²) in [5.41, 5.74) is 0. The van der Waals surface area contributed by atoms with Gasteiger partial charge in [-0.2, -0.15) is 0 Å². The lowest BCUT2D eigenvalue weighted by molar-refractivity contribution is -0.121. The molecule has 0 aliphatic heterocycles. The molecule has 0 heterocycles. The Kier molecular flexibility index (Phi) is 3.91. The van der Waals surface area contributed by atoms with E-state index in [0.29, 0.717) is 0 Å². The van der Waals surface area contributed by atoms with Crippen molar-refractivity contribution in [3.8, 4) is 0 Å². The first-order valence-corrected chi connectivity index (χ1v) is 5.32. The summed E-state index contributed by atoms with van der Waals surface area (Å²) >= 11 is 0. The van der Waals surface area contributed by atoms with Crippen molar-refractivity contribution in [2.24, 2.45) is 5.92 Å². The number of nitrogens with zero attached hydrogens (tertiary/aromatic N) is 1. The van der Waals surface area contributed by atoms with Gasteiger partial charge in [0.25, 0.3) is 0 Å². The van der Waals surface area contributed by atoms with Crippen LogP contribution in [0.4, 0.5) is 0 Å². The molecule has 0 spiro atoms. The van der Waals surface area contributed by atoms with Gasteiger partial charge >= 0.3 is 0 Å². The monoisotopic (exact) mass is 183 g/mol. The van der Waals surface area contributed by atoms with Gasteiger partial charge < -0.3 is 0 Å². The molecule has 1 rings (SSSR count). The molecule has 1 aliphatic carbocycles. The molecule has 0 amide bonds. The van der Waals surface area contributed by atoms with E-state index in [-0.39, 0.29) is 11.8 Å². The van der Waals surface area contributed by atoms with E-state index in [4.69, 9.17) is 0 Å². The largest absolute Gasteiger partial charge is 0.298 e. The van der Waals surface area contributed by atoms with Crippen molar-refractivity contribution in [1.82, 2.24) is 4.90 Å². The highest BCUT2D eigenvalue weighted by Gasteiger charge is 2.20. The van der Waals surface area contributed by atoms with Gasteiger partial charge in [0.1, 0.15) is 5.78 Å². The molecule has 0 aromatic heterocycles. The summed E-state index contributed by atoms with van der Waals surface area (Å²) in [5, 5.41) is 0. The van der Waals surface area contributed by atoms with E-state index < -0.39 is 0 Å². The maximum absolute atomic E-state index is 11.1. The van der Waals surface area contributed by atoms with Crippen molar-refractivity contribution in [2.75, 3.05) is 13.6 Å². The maximum Gasteiger partial charge on any atom is 0.146 e. The Hall–Kier alpha value is -0.370. The van der Waals surface area contributed by atoms with Crippen LogP contribution in [0.25, 0.3) is 0 Å². The van der Waals surface area contributed by atoms with Gasteiger partial charge in [-0.05, 0) is 39.7 Å². The van der Waals surface area contributed by atoms with Crippen molar-refractivity contribution in [2.45, 2.75) is 45.6 Å². The SMILES string of the molecule is CC(=O)C(C)N(C)CC1CCCC1. The van der Waals surface area contributed by atoms with Gasteiger partial charge in [0.15, 0.2) is 0 Å². The second-order valence-corrected chi connectivity index (χ2v) is 4.38. The van der Waals surface area contributed by atoms with Crippen LogP contribution in [0.5, 0.6) is 0 Å². The number of ketones is 1. The van der Waals surface area contributed by atoms with Crippen molar-refractivity contribution in [3.63, 3.8) is 0 Å². The third kappa shape index (κ3) is 3.11. The summed E-state index contributed by atoms with van der Waals surface area (Å²) < 4.78 is 0. The normalized spacial score (nSPS) is 20.9. The number of Topliss-reactive ketones (excluding diaryl/α,β-unsaturated/α-hetero) is 1. The zero-order valence-electron chi connectivity index (χ0n) is 9.05. The first kappa shape index (κ1) is 10.7. The van der Waals surface area contributed by atoms with Crippen molar-refractivity contribution in [3.05, 3.63) is 0 Å². The third-order valence-corrected chi connectivity index (χ3v) is 3.27. The number of rotatable bonds is 4. The molecule has 0 bridgehead atoms. The molecular weight excluding hydrogens is 162 g/mol. The quantitative estimate of drug-likeness (QED) is 0.665. The smallest absolute Gasteiger partial charge is 0.146 e. The van der Waals surface area contributed by atoms with E-state index >= 15 is 0 Å². The third-order valence-electron chi connectivity index (χ3n) is 3.27. The van der Waals surface area contributed by atoms with Gasteiger partial charge in [-0.1, -0.05) is 12.8 Å². The van der Waals surface area contributed by atoms with Crippen LogP contribution >= 0.6 is 0 Å². The van der Waals surface area contributed by atoms with Crippen LogP contribution in [-0.2, 0) is 4.79 Å². The number of likely N-dealkylation sites (N-methyl/N-ethyl adjacent to an activating group) is 1. The molecule has 0 N–H and O–H groups in total. The lowest BCUT2D eigenvalue weighted by Gasteiger charge is -2.25. The van der Waals surface area contributed by atoms with E-state index in [9.17, 15) is 4.79 Å². The summed E-state index contributed by atoms with van der Waals surface area (Å²) in [5.74, 6) is 1.12. The first-order valence-electron chi connectivity index (χ1n) is 5.32. The summed E-state index contributed by atoms with van der Waals surface area (Å²) in [6.07, 6.45) is 5.48. The first-order chi connectivity index (χ1) is 6.11. The number of carbonyl (C=O) groups excluding carboxylic acids is 1. The minimum atomic E-state index is 0.0978. The molecule has 1 saturated carbocycles. The minimum Gasteiger partial charge on any atom is -0.298 e. The Morgan fingerprint density at radius 3 is 2.46 bits per heavy atom. The van der Waals surface area contributed by atoms with Crippen molar-refractivity contribution < 1.29 is 4.79 Å². The van der Waals surface area contributed by atoms with Gasteiger partial charge in [0.05, 0.1) is 6.04 Å². The Morgan fingerprint density at radius 1 is 1.46 bits per heavy atom.